The summed E-state index contributed by atoms with van der Waals surface area (Å²) in [5, 5.41) is 2.86. The predicted octanol–water partition coefficient (Wildman–Crippen LogP) is 2.45. The molecule has 0 unspecified atom stereocenters. The lowest BCUT2D eigenvalue weighted by atomic mass is 10.4. The van der Waals surface area contributed by atoms with E-state index in [1.807, 2.05) is 6.92 Å². The highest BCUT2D eigenvalue weighted by molar-refractivity contribution is 5.51. The van der Waals surface area contributed by atoms with E-state index < -0.39 is 12.8 Å². The van der Waals surface area contributed by atoms with Crippen molar-refractivity contribution in [1.29, 1.82) is 0 Å². The molecule has 0 amide bonds. The van der Waals surface area contributed by atoms with E-state index in [1.165, 1.54) is 6.20 Å². The van der Waals surface area contributed by atoms with Crippen molar-refractivity contribution in [2.24, 2.45) is 0 Å². The molecule has 0 aliphatic rings. The van der Waals surface area contributed by atoms with Crippen LogP contribution in [0.25, 0.3) is 0 Å². The van der Waals surface area contributed by atoms with Gasteiger partial charge in [-0.05, 0) is 19.1 Å². The molecular weight excluding hydrogens is 209 g/mol. The van der Waals surface area contributed by atoms with Crippen molar-refractivity contribution in [1.82, 2.24) is 4.98 Å². The lowest BCUT2D eigenvalue weighted by Crippen LogP contribution is -2.20. The maximum atomic E-state index is 11.9. The standard InChI is InChI=1S/C9H11F3N2O/c1-2-13-7-4-3-5-14-8(7)15-6-9(10,11)12/h3-5,13H,2,6H2,1H3. The number of rotatable bonds is 4. The van der Waals surface area contributed by atoms with Gasteiger partial charge in [-0.3, -0.25) is 0 Å². The molecule has 0 aliphatic carbocycles. The fraction of sp³-hybridized carbons (Fsp3) is 0.444. The number of aromatic nitrogens is 1. The van der Waals surface area contributed by atoms with Crippen molar-refractivity contribution >= 4 is 5.69 Å². The molecule has 0 saturated heterocycles. The van der Waals surface area contributed by atoms with Crippen LogP contribution in [0.1, 0.15) is 6.92 Å². The minimum Gasteiger partial charge on any atom is -0.467 e. The molecule has 0 aliphatic heterocycles. The fourth-order valence-corrected chi connectivity index (χ4v) is 0.981. The third-order valence-electron chi connectivity index (χ3n) is 1.51. The number of halogens is 3. The van der Waals surface area contributed by atoms with E-state index in [9.17, 15) is 13.2 Å². The number of pyridine rings is 1. The molecule has 1 aromatic heterocycles. The molecule has 1 heterocycles. The molecular formula is C9H11F3N2O. The summed E-state index contributed by atoms with van der Waals surface area (Å²) in [7, 11) is 0. The second-order valence-electron chi connectivity index (χ2n) is 2.79. The van der Waals surface area contributed by atoms with Crippen molar-refractivity contribution in [3.8, 4) is 5.88 Å². The van der Waals surface area contributed by atoms with E-state index in [-0.39, 0.29) is 5.88 Å². The van der Waals surface area contributed by atoms with Gasteiger partial charge < -0.3 is 10.1 Å². The number of hydrogen-bond acceptors (Lipinski definition) is 3. The Bertz CT molecular complexity index is 314. The summed E-state index contributed by atoms with van der Waals surface area (Å²) in [6, 6.07) is 3.24. The van der Waals surface area contributed by atoms with Crippen LogP contribution < -0.4 is 10.1 Å². The Kier molecular flexibility index (Phi) is 3.76. The minimum absolute atomic E-state index is 0.0309. The highest BCUT2D eigenvalue weighted by atomic mass is 19.4. The van der Waals surface area contributed by atoms with Gasteiger partial charge in [-0.2, -0.15) is 13.2 Å². The number of hydrogen-bond donors (Lipinski definition) is 1. The van der Waals surface area contributed by atoms with E-state index in [0.29, 0.717) is 12.2 Å². The van der Waals surface area contributed by atoms with Crippen LogP contribution >= 0.6 is 0 Å². The van der Waals surface area contributed by atoms with Gasteiger partial charge in [0.25, 0.3) is 0 Å². The van der Waals surface area contributed by atoms with Gasteiger partial charge in [0, 0.05) is 12.7 Å². The smallest absolute Gasteiger partial charge is 0.422 e. The van der Waals surface area contributed by atoms with Gasteiger partial charge in [0.2, 0.25) is 5.88 Å². The summed E-state index contributed by atoms with van der Waals surface area (Å²) < 4.78 is 40.2. The highest BCUT2D eigenvalue weighted by Crippen LogP contribution is 2.23. The second kappa shape index (κ2) is 4.86. The van der Waals surface area contributed by atoms with Crippen molar-refractivity contribution < 1.29 is 17.9 Å². The van der Waals surface area contributed by atoms with Crippen molar-refractivity contribution in [3.63, 3.8) is 0 Å². The van der Waals surface area contributed by atoms with Crippen molar-refractivity contribution in [2.45, 2.75) is 13.1 Å². The number of ether oxygens (including phenoxy) is 1. The summed E-state index contributed by atoms with van der Waals surface area (Å²) in [5.74, 6) is -0.0309. The van der Waals surface area contributed by atoms with Crippen LogP contribution in [0.3, 0.4) is 0 Å². The molecule has 0 saturated carbocycles. The van der Waals surface area contributed by atoms with Crippen LogP contribution in [0.5, 0.6) is 5.88 Å². The molecule has 0 aromatic carbocycles. The Morgan fingerprint density at radius 3 is 2.80 bits per heavy atom. The zero-order chi connectivity index (χ0) is 11.3. The molecule has 15 heavy (non-hydrogen) atoms. The van der Waals surface area contributed by atoms with E-state index in [4.69, 9.17) is 0 Å². The number of nitrogens with zero attached hydrogens (tertiary/aromatic N) is 1. The van der Waals surface area contributed by atoms with Crippen LogP contribution in [0, 0.1) is 0 Å². The summed E-state index contributed by atoms with van der Waals surface area (Å²) in [6.07, 6.45) is -2.96. The third kappa shape index (κ3) is 4.05. The molecule has 6 heteroatoms. The SMILES string of the molecule is CCNc1cccnc1OCC(F)(F)F. The first-order valence-electron chi connectivity index (χ1n) is 4.41. The average Bonchev–Trinajstić information content (AvgIpc) is 2.16. The number of alkyl halides is 3. The first-order chi connectivity index (χ1) is 7.03. The van der Waals surface area contributed by atoms with Crippen LogP contribution in [0.15, 0.2) is 18.3 Å². The van der Waals surface area contributed by atoms with Crippen LogP contribution in [-0.4, -0.2) is 24.3 Å². The predicted molar refractivity (Wildman–Crippen MR) is 50.0 cm³/mol. The average molecular weight is 220 g/mol. The summed E-state index contributed by atoms with van der Waals surface area (Å²) in [4.78, 5) is 3.72. The van der Waals surface area contributed by atoms with Gasteiger partial charge in [-0.15, -0.1) is 0 Å². The molecule has 1 aromatic rings. The quantitative estimate of drug-likeness (QED) is 0.846. The summed E-state index contributed by atoms with van der Waals surface area (Å²) in [5.41, 5.74) is 0.462. The van der Waals surface area contributed by atoms with E-state index in [1.54, 1.807) is 12.1 Å². The summed E-state index contributed by atoms with van der Waals surface area (Å²) >= 11 is 0. The van der Waals surface area contributed by atoms with Crippen LogP contribution in [0.4, 0.5) is 18.9 Å². The highest BCUT2D eigenvalue weighted by Gasteiger charge is 2.29. The zero-order valence-corrected chi connectivity index (χ0v) is 8.14. The lowest BCUT2D eigenvalue weighted by molar-refractivity contribution is -0.153. The van der Waals surface area contributed by atoms with Crippen molar-refractivity contribution in [2.75, 3.05) is 18.5 Å². The lowest BCUT2D eigenvalue weighted by Gasteiger charge is -2.12. The first kappa shape index (κ1) is 11.6. The van der Waals surface area contributed by atoms with Gasteiger partial charge in [0.15, 0.2) is 6.61 Å². The Morgan fingerprint density at radius 1 is 1.47 bits per heavy atom. The largest absolute Gasteiger partial charge is 0.467 e. The minimum atomic E-state index is -4.35. The molecule has 84 valence electrons. The molecule has 0 atom stereocenters. The van der Waals surface area contributed by atoms with Crippen LogP contribution in [0.2, 0.25) is 0 Å². The van der Waals surface area contributed by atoms with Gasteiger partial charge in [0.05, 0.1) is 5.69 Å². The van der Waals surface area contributed by atoms with Crippen LogP contribution in [-0.2, 0) is 0 Å². The van der Waals surface area contributed by atoms with E-state index in [2.05, 4.69) is 15.0 Å². The van der Waals surface area contributed by atoms with E-state index >= 15 is 0 Å². The topological polar surface area (TPSA) is 34.2 Å². The molecule has 0 radical (unpaired) electrons. The molecule has 1 N–H and O–H groups in total. The fourth-order valence-electron chi connectivity index (χ4n) is 0.981. The van der Waals surface area contributed by atoms with Crippen molar-refractivity contribution in [3.05, 3.63) is 18.3 Å². The third-order valence-corrected chi connectivity index (χ3v) is 1.51. The molecule has 1 rings (SSSR count). The first-order valence-corrected chi connectivity index (χ1v) is 4.41. The second-order valence-corrected chi connectivity index (χ2v) is 2.79. The maximum absolute atomic E-state index is 11.9. The van der Waals surface area contributed by atoms with Gasteiger partial charge in [0.1, 0.15) is 0 Å². The summed E-state index contributed by atoms with van der Waals surface area (Å²) in [6.45, 7) is 1.09. The zero-order valence-electron chi connectivity index (χ0n) is 8.14. The normalized spacial score (nSPS) is 11.2. The van der Waals surface area contributed by atoms with Gasteiger partial charge in [-0.1, -0.05) is 0 Å². The van der Waals surface area contributed by atoms with Gasteiger partial charge in [-0.25, -0.2) is 4.98 Å². The number of anilines is 1. The maximum Gasteiger partial charge on any atom is 0.422 e. The molecule has 3 nitrogen and oxygen atoms in total. The Balaban J connectivity index is 2.67. The molecule has 0 bridgehead atoms. The Hall–Kier alpha value is -1.46. The van der Waals surface area contributed by atoms with Gasteiger partial charge >= 0.3 is 6.18 Å². The molecule has 0 fully saturated rings. The van der Waals surface area contributed by atoms with E-state index in [0.717, 1.165) is 0 Å². The Labute approximate surface area is 85.3 Å². The monoisotopic (exact) mass is 220 g/mol. The molecule has 0 spiro atoms. The Morgan fingerprint density at radius 2 is 2.20 bits per heavy atom. The number of nitrogens with one attached hydrogen (secondary N) is 1.